The molecule has 0 fully saturated rings. The lowest BCUT2D eigenvalue weighted by atomic mass is 10.00. The number of nitrogens with zero attached hydrogens (tertiary/aromatic N) is 3. The van der Waals surface area contributed by atoms with E-state index in [1.54, 1.807) is 23.6 Å². The number of halogens is 2. The minimum Gasteiger partial charge on any atom is -0.383 e. The van der Waals surface area contributed by atoms with E-state index in [1.165, 1.54) is 17.3 Å². The van der Waals surface area contributed by atoms with Crippen molar-refractivity contribution < 1.29 is 9.18 Å². The minimum atomic E-state index is -1.21. The molecule has 2 unspecified atom stereocenters. The normalized spacial score (nSPS) is 24.4. The number of anilines is 1. The maximum Gasteiger partial charge on any atom is 0.235 e. The molecule has 0 spiro atoms. The molecule has 0 bridgehead atoms. The summed E-state index contributed by atoms with van der Waals surface area (Å²) in [5.74, 6) is 0.664. The summed E-state index contributed by atoms with van der Waals surface area (Å²) < 4.78 is 13.6. The molecule has 0 saturated heterocycles. The fourth-order valence-corrected chi connectivity index (χ4v) is 5.66. The van der Waals surface area contributed by atoms with Crippen LogP contribution in [0.4, 0.5) is 10.2 Å². The number of nitrogens with two attached hydrogens (primary N) is 1. The highest BCUT2D eigenvalue weighted by molar-refractivity contribution is 7.12. The summed E-state index contributed by atoms with van der Waals surface area (Å²) in [5.41, 5.74) is 6.62. The van der Waals surface area contributed by atoms with Crippen molar-refractivity contribution in [3.8, 4) is 0 Å². The minimum absolute atomic E-state index is 0.0966. The van der Waals surface area contributed by atoms with Crippen molar-refractivity contribution in [3.05, 3.63) is 73.9 Å². The number of amides is 1. The van der Waals surface area contributed by atoms with E-state index in [-0.39, 0.29) is 23.3 Å². The van der Waals surface area contributed by atoms with Crippen molar-refractivity contribution in [2.45, 2.75) is 44.3 Å². The zero-order valence-corrected chi connectivity index (χ0v) is 21.0. The lowest BCUT2D eigenvalue weighted by molar-refractivity contribution is -0.122. The highest BCUT2D eigenvalue weighted by Gasteiger charge is 2.26. The highest BCUT2D eigenvalue weighted by Crippen LogP contribution is 2.31. The number of aliphatic imine (C=N–C) groups is 1. The first kappa shape index (κ1) is 24.4. The molecule has 186 valence electrons. The average molecular weight is 525 g/mol. The van der Waals surface area contributed by atoms with Crippen LogP contribution in [0.2, 0.25) is 0 Å². The van der Waals surface area contributed by atoms with Gasteiger partial charge in [0.25, 0.3) is 0 Å². The SMILES string of the molecule is Nc1ncnc2c1=CC(c1ccc(CN=C3NC=CCC3C(=O)NC3=CC[C@H](F)C(Cl)=C3)s1)CCC=2. The Morgan fingerprint density at radius 3 is 3.06 bits per heavy atom. The molecular weight excluding hydrogens is 499 g/mol. The van der Waals surface area contributed by atoms with Gasteiger partial charge in [0, 0.05) is 33.0 Å². The molecule has 2 aromatic heterocycles. The van der Waals surface area contributed by atoms with Crippen molar-refractivity contribution in [3.63, 3.8) is 0 Å². The van der Waals surface area contributed by atoms with Gasteiger partial charge in [0.1, 0.15) is 24.2 Å². The molecule has 3 aliphatic rings. The third-order valence-corrected chi connectivity index (χ3v) is 7.90. The first-order chi connectivity index (χ1) is 17.5. The van der Waals surface area contributed by atoms with Gasteiger partial charge in [-0.15, -0.1) is 11.3 Å². The highest BCUT2D eigenvalue weighted by atomic mass is 35.5. The Balaban J connectivity index is 1.29. The van der Waals surface area contributed by atoms with E-state index in [0.29, 0.717) is 30.3 Å². The van der Waals surface area contributed by atoms with E-state index in [0.717, 1.165) is 28.3 Å². The number of thiophene rings is 1. The Hall–Kier alpha value is -3.30. The molecule has 5 rings (SSSR count). The third-order valence-electron chi connectivity index (χ3n) is 6.35. The van der Waals surface area contributed by atoms with Crippen LogP contribution in [0.3, 0.4) is 0 Å². The van der Waals surface area contributed by atoms with Crippen LogP contribution in [-0.4, -0.2) is 27.9 Å². The maximum atomic E-state index is 13.6. The van der Waals surface area contributed by atoms with E-state index in [1.807, 2.05) is 6.08 Å². The second kappa shape index (κ2) is 10.8. The Bertz CT molecular complexity index is 1410. The van der Waals surface area contributed by atoms with Crippen LogP contribution < -0.4 is 26.9 Å². The number of nitrogens with one attached hydrogen (secondary N) is 2. The van der Waals surface area contributed by atoms with E-state index >= 15 is 0 Å². The van der Waals surface area contributed by atoms with Crippen LogP contribution in [0, 0.1) is 5.92 Å². The third kappa shape index (κ3) is 5.42. The molecule has 1 aliphatic heterocycles. The molecule has 7 nitrogen and oxygen atoms in total. The smallest absolute Gasteiger partial charge is 0.235 e. The average Bonchev–Trinajstić information content (AvgIpc) is 3.24. The summed E-state index contributed by atoms with van der Waals surface area (Å²) in [4.78, 5) is 28.5. The summed E-state index contributed by atoms with van der Waals surface area (Å²) in [6, 6.07) is 4.22. The number of nitrogen functional groups attached to an aromatic ring is 1. The van der Waals surface area contributed by atoms with Crippen molar-refractivity contribution >= 4 is 52.7 Å². The lowest BCUT2D eigenvalue weighted by Gasteiger charge is -2.22. The van der Waals surface area contributed by atoms with Crippen molar-refractivity contribution in [2.24, 2.45) is 10.9 Å². The van der Waals surface area contributed by atoms with Crippen LogP contribution in [0.15, 0.2) is 58.6 Å². The Morgan fingerprint density at radius 1 is 1.31 bits per heavy atom. The number of hydrogen-bond donors (Lipinski definition) is 3. The fraction of sp³-hybridized carbons (Fsp3) is 0.308. The van der Waals surface area contributed by atoms with Gasteiger partial charge in [0.15, 0.2) is 0 Å². The summed E-state index contributed by atoms with van der Waals surface area (Å²) in [6.07, 6.45) is 13.9. The van der Waals surface area contributed by atoms with Gasteiger partial charge in [0.2, 0.25) is 5.91 Å². The monoisotopic (exact) mass is 524 g/mol. The van der Waals surface area contributed by atoms with E-state index in [9.17, 15) is 9.18 Å². The number of fused-ring (bicyclic) bond motifs is 1. The maximum absolute atomic E-state index is 13.6. The van der Waals surface area contributed by atoms with Gasteiger partial charge < -0.3 is 16.4 Å². The summed E-state index contributed by atoms with van der Waals surface area (Å²) >= 11 is 7.62. The van der Waals surface area contributed by atoms with E-state index in [4.69, 9.17) is 22.3 Å². The molecule has 3 heterocycles. The molecule has 0 aromatic carbocycles. The Morgan fingerprint density at radius 2 is 2.19 bits per heavy atom. The van der Waals surface area contributed by atoms with Crippen LogP contribution in [-0.2, 0) is 11.3 Å². The van der Waals surface area contributed by atoms with Gasteiger partial charge in [-0.25, -0.2) is 14.4 Å². The second-order valence-corrected chi connectivity index (χ2v) is 10.5. The molecular formula is C26H26ClFN6OS. The molecule has 0 saturated carbocycles. The topological polar surface area (TPSA) is 105 Å². The van der Waals surface area contributed by atoms with Gasteiger partial charge in [-0.3, -0.25) is 9.79 Å². The molecule has 3 atom stereocenters. The van der Waals surface area contributed by atoms with Crippen molar-refractivity contribution in [1.29, 1.82) is 0 Å². The van der Waals surface area contributed by atoms with Gasteiger partial charge >= 0.3 is 0 Å². The van der Waals surface area contributed by atoms with Crippen LogP contribution in [0.5, 0.6) is 0 Å². The summed E-state index contributed by atoms with van der Waals surface area (Å²) in [5, 5.41) is 7.85. The molecule has 36 heavy (non-hydrogen) atoms. The van der Waals surface area contributed by atoms with Gasteiger partial charge in [-0.1, -0.05) is 35.9 Å². The number of hydrogen-bond acceptors (Lipinski definition) is 6. The summed E-state index contributed by atoms with van der Waals surface area (Å²) in [7, 11) is 0. The largest absolute Gasteiger partial charge is 0.383 e. The lowest BCUT2D eigenvalue weighted by Crippen LogP contribution is -2.41. The number of allylic oxidation sites excluding steroid dienone is 4. The number of carbonyl (C=O) groups is 1. The number of rotatable bonds is 5. The van der Waals surface area contributed by atoms with Crippen molar-refractivity contribution in [2.75, 3.05) is 5.73 Å². The van der Waals surface area contributed by atoms with Gasteiger partial charge in [0.05, 0.1) is 22.8 Å². The Labute approximate surface area is 217 Å². The predicted octanol–water partition coefficient (Wildman–Crippen LogP) is 3.15. The fourth-order valence-electron chi connectivity index (χ4n) is 4.41. The number of aromatic nitrogens is 2. The van der Waals surface area contributed by atoms with Crippen LogP contribution in [0.1, 0.15) is 41.4 Å². The number of alkyl halides is 1. The molecule has 2 aliphatic carbocycles. The standard InChI is InChI=1S/C26H26ClFN6OS/c27-20-12-16(6-8-21(20)28)34-26(35)18-4-2-10-30-25(18)31-13-17-7-9-23(36-17)15-3-1-5-22-19(11-15)24(29)33-14-32-22/h2,5-7,9-12,14-15,18,21H,1,3-4,8,13H2,(H,30,31)(H,34,35)(H2,29,32,33)/t15?,18?,21-/m0/s1. The predicted molar refractivity (Wildman–Crippen MR) is 142 cm³/mol. The van der Waals surface area contributed by atoms with Gasteiger partial charge in [-0.2, -0.15) is 0 Å². The molecule has 2 aromatic rings. The quantitative estimate of drug-likeness (QED) is 0.557. The molecule has 1 amide bonds. The second-order valence-electron chi connectivity index (χ2n) is 8.83. The zero-order chi connectivity index (χ0) is 25.1. The number of carbonyl (C=O) groups excluding carboxylic acids is 1. The zero-order valence-electron chi connectivity index (χ0n) is 19.5. The molecule has 10 heteroatoms. The van der Waals surface area contributed by atoms with E-state index in [2.05, 4.69) is 44.9 Å². The summed E-state index contributed by atoms with van der Waals surface area (Å²) in [6.45, 7) is 0.462. The first-order valence-electron chi connectivity index (χ1n) is 11.8. The van der Waals surface area contributed by atoms with Crippen LogP contribution >= 0.6 is 22.9 Å². The van der Waals surface area contributed by atoms with Crippen LogP contribution in [0.25, 0.3) is 12.2 Å². The van der Waals surface area contributed by atoms with Gasteiger partial charge in [-0.05, 0) is 43.7 Å². The Kier molecular flexibility index (Phi) is 7.29. The first-order valence-corrected chi connectivity index (χ1v) is 13.0. The van der Waals surface area contributed by atoms with Crippen molar-refractivity contribution in [1.82, 2.24) is 20.6 Å². The van der Waals surface area contributed by atoms with E-state index < -0.39 is 12.1 Å². The molecule has 4 N–H and O–H groups in total. The molecule has 0 radical (unpaired) electrons. The number of amidine groups is 1.